The highest BCUT2D eigenvalue weighted by Gasteiger charge is 2.14. The molecule has 0 aliphatic heterocycles. The summed E-state index contributed by atoms with van der Waals surface area (Å²) in [5.74, 6) is 0.273. The molecular weight excluding hydrogens is 434 g/mol. The standard InChI is InChI=1S/C27H22F2N4O/c1-15-14-34-27-22(15)10-21(11-23(27)28)24-12-26(33-17(3)32-24)31-16(2)18-5-4-6-19(9-18)20-7-8-25(29)30-13-20/h4-14,16H,1-3H3,(H,31,32,33). The zero-order valence-electron chi connectivity index (χ0n) is 18.9. The second-order valence-corrected chi connectivity index (χ2v) is 8.30. The highest BCUT2D eigenvalue weighted by atomic mass is 19.1. The van der Waals surface area contributed by atoms with E-state index in [9.17, 15) is 8.78 Å². The van der Waals surface area contributed by atoms with E-state index in [0.29, 0.717) is 22.9 Å². The minimum Gasteiger partial charge on any atom is -0.461 e. The lowest BCUT2D eigenvalue weighted by atomic mass is 10.0. The molecule has 0 saturated carbocycles. The minimum atomic E-state index is -0.508. The largest absolute Gasteiger partial charge is 0.461 e. The first kappa shape index (κ1) is 21.7. The fraction of sp³-hybridized carbons (Fsp3) is 0.148. The summed E-state index contributed by atoms with van der Waals surface area (Å²) in [6, 6.07) is 16.1. The Morgan fingerprint density at radius 1 is 0.912 bits per heavy atom. The number of aromatic nitrogens is 3. The van der Waals surface area contributed by atoms with Crippen molar-refractivity contribution < 1.29 is 13.2 Å². The summed E-state index contributed by atoms with van der Waals surface area (Å²) in [7, 11) is 0. The number of pyridine rings is 1. The number of nitrogens with one attached hydrogen (secondary N) is 1. The van der Waals surface area contributed by atoms with Crippen molar-refractivity contribution in [3.63, 3.8) is 0 Å². The molecule has 0 bridgehead atoms. The molecule has 5 rings (SSSR count). The lowest BCUT2D eigenvalue weighted by Crippen LogP contribution is -2.09. The van der Waals surface area contributed by atoms with Gasteiger partial charge in [0.15, 0.2) is 11.4 Å². The maximum atomic E-state index is 14.6. The minimum absolute atomic E-state index is 0.0779. The predicted molar refractivity (Wildman–Crippen MR) is 128 cm³/mol. The van der Waals surface area contributed by atoms with Crippen molar-refractivity contribution in [2.45, 2.75) is 26.8 Å². The van der Waals surface area contributed by atoms with E-state index in [4.69, 9.17) is 4.42 Å². The zero-order valence-corrected chi connectivity index (χ0v) is 18.9. The summed E-state index contributed by atoms with van der Waals surface area (Å²) in [6.45, 7) is 5.71. The van der Waals surface area contributed by atoms with Crippen LogP contribution in [0.2, 0.25) is 0 Å². The van der Waals surface area contributed by atoms with E-state index >= 15 is 0 Å². The molecular formula is C27H22F2N4O. The van der Waals surface area contributed by atoms with Crippen molar-refractivity contribution in [2.75, 3.05) is 5.32 Å². The van der Waals surface area contributed by atoms with Gasteiger partial charge in [-0.2, -0.15) is 4.39 Å². The molecule has 3 aromatic heterocycles. The Hall–Kier alpha value is -4.13. The summed E-state index contributed by atoms with van der Waals surface area (Å²) in [4.78, 5) is 12.8. The molecule has 3 heterocycles. The van der Waals surface area contributed by atoms with Crippen LogP contribution in [0.1, 0.15) is 29.9 Å². The molecule has 7 heteroatoms. The summed E-state index contributed by atoms with van der Waals surface area (Å²) in [5, 5.41) is 4.14. The van der Waals surface area contributed by atoms with Gasteiger partial charge in [0.05, 0.1) is 12.0 Å². The zero-order chi connectivity index (χ0) is 23.8. The van der Waals surface area contributed by atoms with E-state index in [-0.39, 0.29) is 11.6 Å². The molecule has 0 amide bonds. The number of benzene rings is 2. The molecule has 170 valence electrons. The normalized spacial score (nSPS) is 12.1. The number of hydrogen-bond donors (Lipinski definition) is 1. The molecule has 1 atom stereocenters. The average Bonchev–Trinajstić information content (AvgIpc) is 3.20. The fourth-order valence-corrected chi connectivity index (χ4v) is 3.99. The van der Waals surface area contributed by atoms with Gasteiger partial charge in [0.1, 0.15) is 11.6 Å². The maximum absolute atomic E-state index is 14.6. The van der Waals surface area contributed by atoms with Gasteiger partial charge in [0, 0.05) is 34.8 Å². The lowest BCUT2D eigenvalue weighted by Gasteiger charge is -2.17. The first-order valence-corrected chi connectivity index (χ1v) is 10.9. The Balaban J connectivity index is 1.44. The molecule has 1 N–H and O–H groups in total. The van der Waals surface area contributed by atoms with E-state index in [0.717, 1.165) is 27.6 Å². The Morgan fingerprint density at radius 3 is 2.56 bits per heavy atom. The van der Waals surface area contributed by atoms with Crippen LogP contribution in [0.3, 0.4) is 0 Å². The lowest BCUT2D eigenvalue weighted by molar-refractivity contribution is 0.559. The van der Waals surface area contributed by atoms with E-state index in [2.05, 4.69) is 20.3 Å². The van der Waals surface area contributed by atoms with Crippen LogP contribution in [0.4, 0.5) is 14.6 Å². The number of furan rings is 1. The summed E-state index contributed by atoms with van der Waals surface area (Å²) >= 11 is 0. The van der Waals surface area contributed by atoms with Gasteiger partial charge in [-0.1, -0.05) is 18.2 Å². The van der Waals surface area contributed by atoms with E-state index < -0.39 is 11.8 Å². The van der Waals surface area contributed by atoms with Crippen molar-refractivity contribution in [2.24, 2.45) is 0 Å². The highest BCUT2D eigenvalue weighted by molar-refractivity contribution is 5.86. The van der Waals surface area contributed by atoms with Crippen LogP contribution in [0.15, 0.2) is 71.5 Å². The molecule has 2 aromatic carbocycles. The SMILES string of the molecule is Cc1nc(NC(C)c2cccc(-c3ccc(F)nc3)c2)cc(-c2cc(F)c3occ(C)c3c2)n1. The monoisotopic (exact) mass is 456 g/mol. The third-order valence-corrected chi connectivity index (χ3v) is 5.77. The van der Waals surface area contributed by atoms with E-state index in [1.165, 1.54) is 18.3 Å². The number of hydrogen-bond acceptors (Lipinski definition) is 5. The molecule has 0 saturated heterocycles. The van der Waals surface area contributed by atoms with Crippen molar-refractivity contribution in [3.8, 4) is 22.4 Å². The van der Waals surface area contributed by atoms with Crippen LogP contribution in [0.5, 0.6) is 0 Å². The first-order chi connectivity index (χ1) is 16.4. The van der Waals surface area contributed by atoms with Gasteiger partial charge in [0.25, 0.3) is 0 Å². The van der Waals surface area contributed by atoms with Gasteiger partial charge in [-0.15, -0.1) is 0 Å². The van der Waals surface area contributed by atoms with Crippen LogP contribution in [0, 0.1) is 25.6 Å². The highest BCUT2D eigenvalue weighted by Crippen LogP contribution is 2.31. The molecule has 0 aliphatic rings. The Bertz CT molecular complexity index is 1500. The van der Waals surface area contributed by atoms with Crippen molar-refractivity contribution in [3.05, 3.63) is 95.8 Å². The fourth-order valence-electron chi connectivity index (χ4n) is 3.99. The number of halogens is 2. The smallest absolute Gasteiger partial charge is 0.212 e. The van der Waals surface area contributed by atoms with Crippen LogP contribution in [-0.4, -0.2) is 15.0 Å². The second kappa shape index (κ2) is 8.67. The van der Waals surface area contributed by atoms with Gasteiger partial charge in [-0.05, 0) is 67.8 Å². The van der Waals surface area contributed by atoms with Gasteiger partial charge in [0.2, 0.25) is 5.95 Å². The summed E-state index contributed by atoms with van der Waals surface area (Å²) in [5.41, 5.74) is 5.19. The van der Waals surface area contributed by atoms with Gasteiger partial charge in [-0.25, -0.2) is 19.3 Å². The van der Waals surface area contributed by atoms with Crippen molar-refractivity contribution >= 4 is 16.8 Å². The Morgan fingerprint density at radius 2 is 1.76 bits per heavy atom. The number of anilines is 1. The van der Waals surface area contributed by atoms with Gasteiger partial charge >= 0.3 is 0 Å². The molecule has 0 aliphatic carbocycles. The van der Waals surface area contributed by atoms with Crippen LogP contribution >= 0.6 is 0 Å². The molecule has 34 heavy (non-hydrogen) atoms. The molecule has 0 spiro atoms. The molecule has 1 unspecified atom stereocenters. The van der Waals surface area contributed by atoms with Crippen LogP contribution < -0.4 is 5.32 Å². The third-order valence-electron chi connectivity index (χ3n) is 5.77. The number of nitrogens with zero attached hydrogens (tertiary/aromatic N) is 3. The number of aryl methyl sites for hydroxylation is 2. The topological polar surface area (TPSA) is 63.8 Å². The predicted octanol–water partition coefficient (Wildman–Crippen LogP) is 7.02. The molecule has 0 fully saturated rings. The van der Waals surface area contributed by atoms with Crippen LogP contribution in [-0.2, 0) is 0 Å². The summed E-state index contributed by atoms with van der Waals surface area (Å²) < 4.78 is 33.1. The first-order valence-electron chi connectivity index (χ1n) is 10.9. The van der Waals surface area contributed by atoms with Gasteiger partial charge in [-0.3, -0.25) is 0 Å². The number of rotatable bonds is 5. The van der Waals surface area contributed by atoms with E-state index in [1.54, 1.807) is 19.3 Å². The average molecular weight is 456 g/mol. The van der Waals surface area contributed by atoms with Crippen molar-refractivity contribution in [1.82, 2.24) is 15.0 Å². The number of fused-ring (bicyclic) bond motifs is 1. The van der Waals surface area contributed by atoms with E-state index in [1.807, 2.05) is 50.2 Å². The molecule has 5 nitrogen and oxygen atoms in total. The Labute approximate surface area is 195 Å². The maximum Gasteiger partial charge on any atom is 0.212 e. The summed E-state index contributed by atoms with van der Waals surface area (Å²) in [6.07, 6.45) is 3.07. The van der Waals surface area contributed by atoms with Crippen molar-refractivity contribution in [1.29, 1.82) is 0 Å². The molecule has 0 radical (unpaired) electrons. The second-order valence-electron chi connectivity index (χ2n) is 8.30. The molecule has 5 aromatic rings. The van der Waals surface area contributed by atoms with Gasteiger partial charge < -0.3 is 9.73 Å². The quantitative estimate of drug-likeness (QED) is 0.288. The third kappa shape index (κ3) is 4.24. The Kier molecular flexibility index (Phi) is 5.53. The van der Waals surface area contributed by atoms with Crippen LogP contribution in [0.25, 0.3) is 33.4 Å².